The SMILES string of the molecule is CCNc1c(C#N)cnn1-c1ccc(Cl)c(Cl)c1Cl. The summed E-state index contributed by atoms with van der Waals surface area (Å²) in [5.41, 5.74) is 0.998. The number of nitriles is 1. The van der Waals surface area contributed by atoms with Crippen molar-refractivity contribution in [2.24, 2.45) is 0 Å². The second-order valence-electron chi connectivity index (χ2n) is 3.66. The van der Waals surface area contributed by atoms with Gasteiger partial charge in [-0.1, -0.05) is 34.8 Å². The molecule has 98 valence electrons. The van der Waals surface area contributed by atoms with Crippen LogP contribution in [0.25, 0.3) is 5.69 Å². The van der Waals surface area contributed by atoms with Crippen molar-refractivity contribution in [3.05, 3.63) is 39.0 Å². The third-order valence-corrected chi connectivity index (χ3v) is 3.76. The maximum absolute atomic E-state index is 9.05. The molecule has 2 rings (SSSR count). The highest BCUT2D eigenvalue weighted by atomic mass is 35.5. The van der Waals surface area contributed by atoms with Crippen LogP contribution in [0.3, 0.4) is 0 Å². The van der Waals surface area contributed by atoms with Crippen LogP contribution in [0, 0.1) is 11.3 Å². The van der Waals surface area contributed by atoms with Gasteiger partial charge in [0.25, 0.3) is 0 Å². The Labute approximate surface area is 125 Å². The van der Waals surface area contributed by atoms with Crippen LogP contribution >= 0.6 is 34.8 Å². The number of nitrogens with zero attached hydrogens (tertiary/aromatic N) is 3. The van der Waals surface area contributed by atoms with Crippen LogP contribution in [-0.2, 0) is 0 Å². The van der Waals surface area contributed by atoms with Gasteiger partial charge in [-0.05, 0) is 19.1 Å². The molecule has 1 aromatic carbocycles. The van der Waals surface area contributed by atoms with Gasteiger partial charge < -0.3 is 5.32 Å². The van der Waals surface area contributed by atoms with Crippen LogP contribution in [0.4, 0.5) is 5.82 Å². The number of hydrogen-bond acceptors (Lipinski definition) is 3. The average Bonchev–Trinajstić information content (AvgIpc) is 2.80. The van der Waals surface area contributed by atoms with E-state index < -0.39 is 0 Å². The Morgan fingerprint density at radius 1 is 1.32 bits per heavy atom. The Morgan fingerprint density at radius 3 is 2.68 bits per heavy atom. The van der Waals surface area contributed by atoms with Crippen molar-refractivity contribution < 1.29 is 0 Å². The molecule has 0 saturated heterocycles. The van der Waals surface area contributed by atoms with Gasteiger partial charge in [0.1, 0.15) is 17.5 Å². The Kier molecular flexibility index (Phi) is 4.20. The van der Waals surface area contributed by atoms with Gasteiger partial charge >= 0.3 is 0 Å². The highest BCUT2D eigenvalue weighted by molar-refractivity contribution is 6.48. The number of halogens is 3. The van der Waals surface area contributed by atoms with Gasteiger partial charge in [-0.3, -0.25) is 0 Å². The first-order chi connectivity index (χ1) is 9.10. The normalized spacial score (nSPS) is 10.3. The van der Waals surface area contributed by atoms with Crippen LogP contribution < -0.4 is 5.32 Å². The molecule has 0 radical (unpaired) electrons. The molecule has 19 heavy (non-hydrogen) atoms. The van der Waals surface area contributed by atoms with Crippen LogP contribution in [0.15, 0.2) is 18.3 Å². The molecule has 0 saturated carbocycles. The summed E-state index contributed by atoms with van der Waals surface area (Å²) in [5, 5.41) is 17.2. The van der Waals surface area contributed by atoms with Gasteiger partial charge in [0, 0.05) is 6.54 Å². The summed E-state index contributed by atoms with van der Waals surface area (Å²) in [6, 6.07) is 5.40. The molecule has 0 atom stereocenters. The number of anilines is 1. The van der Waals surface area contributed by atoms with Crippen molar-refractivity contribution in [2.45, 2.75) is 6.92 Å². The highest BCUT2D eigenvalue weighted by Gasteiger charge is 2.16. The lowest BCUT2D eigenvalue weighted by molar-refractivity contribution is 0.878. The topological polar surface area (TPSA) is 53.6 Å². The molecule has 0 amide bonds. The van der Waals surface area contributed by atoms with E-state index in [1.807, 2.05) is 6.92 Å². The van der Waals surface area contributed by atoms with Crippen molar-refractivity contribution in [3.8, 4) is 11.8 Å². The van der Waals surface area contributed by atoms with Gasteiger partial charge in [0.2, 0.25) is 0 Å². The first-order valence-electron chi connectivity index (χ1n) is 5.46. The van der Waals surface area contributed by atoms with E-state index in [0.29, 0.717) is 33.7 Å². The number of nitrogens with one attached hydrogen (secondary N) is 1. The maximum atomic E-state index is 9.05. The fourth-order valence-corrected chi connectivity index (χ4v) is 2.24. The lowest BCUT2D eigenvalue weighted by atomic mass is 10.3. The Bertz CT molecular complexity index is 658. The molecule has 1 aromatic heterocycles. The van der Waals surface area contributed by atoms with E-state index >= 15 is 0 Å². The molecule has 2 aromatic rings. The summed E-state index contributed by atoms with van der Waals surface area (Å²) in [7, 11) is 0. The largest absolute Gasteiger partial charge is 0.369 e. The quantitative estimate of drug-likeness (QED) is 0.866. The van der Waals surface area contributed by atoms with Gasteiger partial charge in [-0.25, -0.2) is 4.68 Å². The molecular formula is C12H9Cl3N4. The highest BCUT2D eigenvalue weighted by Crippen LogP contribution is 2.35. The first-order valence-corrected chi connectivity index (χ1v) is 6.59. The van der Waals surface area contributed by atoms with E-state index in [1.54, 1.807) is 12.1 Å². The van der Waals surface area contributed by atoms with Crippen molar-refractivity contribution in [2.75, 3.05) is 11.9 Å². The van der Waals surface area contributed by atoms with Gasteiger partial charge in [-0.15, -0.1) is 0 Å². The van der Waals surface area contributed by atoms with Crippen LogP contribution in [-0.4, -0.2) is 16.3 Å². The standard InChI is InChI=1S/C12H9Cl3N4/c1-2-17-12-7(5-16)6-18-19(12)9-4-3-8(13)10(14)11(9)15/h3-4,6,17H,2H2,1H3. The summed E-state index contributed by atoms with van der Waals surface area (Å²) in [5.74, 6) is 0.574. The third kappa shape index (κ3) is 2.50. The zero-order valence-electron chi connectivity index (χ0n) is 9.91. The fourth-order valence-electron chi connectivity index (χ4n) is 1.63. The summed E-state index contributed by atoms with van der Waals surface area (Å²) in [4.78, 5) is 0. The minimum absolute atomic E-state index is 0.261. The lowest BCUT2D eigenvalue weighted by Crippen LogP contribution is -2.07. The molecular weight excluding hydrogens is 307 g/mol. The molecule has 0 spiro atoms. The smallest absolute Gasteiger partial charge is 0.147 e. The monoisotopic (exact) mass is 314 g/mol. The number of aromatic nitrogens is 2. The van der Waals surface area contributed by atoms with Crippen LogP contribution in [0.2, 0.25) is 15.1 Å². The molecule has 1 N–H and O–H groups in total. The van der Waals surface area contributed by atoms with Gasteiger partial charge in [-0.2, -0.15) is 10.4 Å². The molecule has 0 unspecified atom stereocenters. The summed E-state index contributed by atoms with van der Waals surface area (Å²) < 4.78 is 1.53. The maximum Gasteiger partial charge on any atom is 0.147 e. The fraction of sp³-hybridized carbons (Fsp3) is 0.167. The number of hydrogen-bond donors (Lipinski definition) is 1. The van der Waals surface area contributed by atoms with Gasteiger partial charge in [0.05, 0.1) is 27.0 Å². The van der Waals surface area contributed by atoms with E-state index in [4.69, 9.17) is 40.1 Å². The van der Waals surface area contributed by atoms with Gasteiger partial charge in [0.15, 0.2) is 0 Å². The minimum atomic E-state index is 0.261. The molecule has 0 bridgehead atoms. The van der Waals surface area contributed by atoms with Crippen molar-refractivity contribution >= 4 is 40.6 Å². The van der Waals surface area contributed by atoms with Crippen molar-refractivity contribution in [1.29, 1.82) is 5.26 Å². The third-order valence-electron chi connectivity index (χ3n) is 2.48. The summed E-state index contributed by atoms with van der Waals surface area (Å²) in [6.45, 7) is 2.58. The first kappa shape index (κ1) is 14.0. The number of benzene rings is 1. The minimum Gasteiger partial charge on any atom is -0.369 e. The zero-order valence-corrected chi connectivity index (χ0v) is 12.2. The molecule has 0 aliphatic heterocycles. The second kappa shape index (κ2) is 5.70. The van der Waals surface area contributed by atoms with E-state index in [0.717, 1.165) is 0 Å². The predicted molar refractivity (Wildman–Crippen MR) is 77.5 cm³/mol. The van der Waals surface area contributed by atoms with E-state index in [9.17, 15) is 0 Å². The van der Waals surface area contributed by atoms with E-state index in [-0.39, 0.29) is 5.02 Å². The van der Waals surface area contributed by atoms with Crippen molar-refractivity contribution in [3.63, 3.8) is 0 Å². The second-order valence-corrected chi connectivity index (χ2v) is 4.82. The van der Waals surface area contributed by atoms with Crippen LogP contribution in [0.1, 0.15) is 12.5 Å². The van der Waals surface area contributed by atoms with Crippen molar-refractivity contribution in [1.82, 2.24) is 9.78 Å². The van der Waals surface area contributed by atoms with Crippen LogP contribution in [0.5, 0.6) is 0 Å². The predicted octanol–water partition coefficient (Wildman–Crippen LogP) is 4.14. The Hall–Kier alpha value is -1.41. The molecule has 7 heteroatoms. The average molecular weight is 316 g/mol. The summed E-state index contributed by atoms with van der Waals surface area (Å²) >= 11 is 18.1. The summed E-state index contributed by atoms with van der Waals surface area (Å²) in [6.07, 6.45) is 1.47. The zero-order chi connectivity index (χ0) is 14.0. The molecule has 0 aliphatic rings. The molecule has 0 fully saturated rings. The lowest BCUT2D eigenvalue weighted by Gasteiger charge is -2.11. The van der Waals surface area contributed by atoms with E-state index in [2.05, 4.69) is 16.5 Å². The Morgan fingerprint density at radius 2 is 2.05 bits per heavy atom. The molecule has 0 aliphatic carbocycles. The Balaban J connectivity index is 2.63. The molecule has 1 heterocycles. The van der Waals surface area contributed by atoms with E-state index in [1.165, 1.54) is 10.9 Å². The molecule has 4 nitrogen and oxygen atoms in total. The number of rotatable bonds is 3.